The highest BCUT2D eigenvalue weighted by molar-refractivity contribution is 7.87. The van der Waals surface area contributed by atoms with Crippen LogP contribution in [0, 0.1) is 10.1 Å². The molecule has 3 aromatic rings. The molecule has 0 bridgehead atoms. The van der Waals surface area contributed by atoms with Crippen molar-refractivity contribution in [2.45, 2.75) is 44.4 Å². The summed E-state index contributed by atoms with van der Waals surface area (Å²) in [6, 6.07) is 13.7. The van der Waals surface area contributed by atoms with Crippen LogP contribution in [-0.4, -0.2) is 23.1 Å². The first-order chi connectivity index (χ1) is 14.0. The summed E-state index contributed by atoms with van der Waals surface area (Å²) in [5.41, 5.74) is 1.91. The molecular weight excluding hydrogens is 406 g/mol. The average molecular weight is 429 g/mol. The molecule has 1 heterocycles. The smallest absolute Gasteiger partial charge is 0.340 e. The van der Waals surface area contributed by atoms with Gasteiger partial charge in [-0.25, -0.2) is 0 Å². The lowest BCUT2D eigenvalue weighted by Crippen LogP contribution is -2.14. The molecule has 8 nitrogen and oxygen atoms in total. The lowest BCUT2D eigenvalue weighted by atomic mass is 9.87. The molecule has 158 valence electrons. The SMILES string of the molecule is CCc1cc(OS(=O)(=O)c2ccc(C(C)(C)C)cc2)n(-c2ccc([N+](=O)[O-])cc2)n1. The zero-order valence-electron chi connectivity index (χ0n) is 17.2. The highest BCUT2D eigenvalue weighted by Crippen LogP contribution is 2.27. The van der Waals surface area contributed by atoms with Gasteiger partial charge in [0.05, 0.1) is 16.3 Å². The summed E-state index contributed by atoms with van der Waals surface area (Å²) in [5, 5.41) is 15.2. The molecule has 0 saturated carbocycles. The van der Waals surface area contributed by atoms with Gasteiger partial charge in [0, 0.05) is 18.2 Å². The van der Waals surface area contributed by atoms with Crippen molar-refractivity contribution >= 4 is 15.8 Å². The molecule has 0 atom stereocenters. The van der Waals surface area contributed by atoms with E-state index in [0.717, 1.165) is 5.56 Å². The predicted octanol–water partition coefficient (Wildman–Crippen LogP) is 4.41. The van der Waals surface area contributed by atoms with Gasteiger partial charge in [-0.05, 0) is 41.7 Å². The topological polar surface area (TPSA) is 104 Å². The quantitative estimate of drug-likeness (QED) is 0.327. The van der Waals surface area contributed by atoms with Crippen LogP contribution >= 0.6 is 0 Å². The summed E-state index contributed by atoms with van der Waals surface area (Å²) >= 11 is 0. The third kappa shape index (κ3) is 4.51. The normalized spacial score (nSPS) is 12.0. The molecule has 0 radical (unpaired) electrons. The highest BCUT2D eigenvalue weighted by Gasteiger charge is 2.22. The fraction of sp³-hybridized carbons (Fsp3) is 0.286. The largest absolute Gasteiger partial charge is 0.358 e. The third-order valence-electron chi connectivity index (χ3n) is 4.60. The molecule has 0 aliphatic heterocycles. The Bertz CT molecular complexity index is 1160. The monoisotopic (exact) mass is 429 g/mol. The Balaban J connectivity index is 1.96. The highest BCUT2D eigenvalue weighted by atomic mass is 32.2. The molecule has 3 rings (SSSR count). The summed E-state index contributed by atoms with van der Waals surface area (Å²) in [6.45, 7) is 8.01. The number of nitro groups is 1. The Kier molecular flexibility index (Phi) is 5.67. The van der Waals surface area contributed by atoms with Crippen molar-refractivity contribution in [3.63, 3.8) is 0 Å². The van der Waals surface area contributed by atoms with Gasteiger partial charge >= 0.3 is 10.1 Å². The zero-order chi connectivity index (χ0) is 22.1. The van der Waals surface area contributed by atoms with E-state index < -0.39 is 15.0 Å². The molecule has 0 spiro atoms. The summed E-state index contributed by atoms with van der Waals surface area (Å²) < 4.78 is 32.4. The summed E-state index contributed by atoms with van der Waals surface area (Å²) in [7, 11) is -4.09. The fourth-order valence-electron chi connectivity index (χ4n) is 2.83. The van der Waals surface area contributed by atoms with Gasteiger partial charge < -0.3 is 4.18 Å². The van der Waals surface area contributed by atoms with Crippen LogP contribution in [0.5, 0.6) is 5.88 Å². The van der Waals surface area contributed by atoms with Crippen LogP contribution in [0.25, 0.3) is 5.69 Å². The lowest BCUT2D eigenvalue weighted by molar-refractivity contribution is -0.384. The van der Waals surface area contributed by atoms with E-state index in [-0.39, 0.29) is 21.9 Å². The molecular formula is C21H23N3O5S. The van der Waals surface area contributed by atoms with E-state index in [4.69, 9.17) is 4.18 Å². The number of hydrogen-bond acceptors (Lipinski definition) is 6. The van der Waals surface area contributed by atoms with Crippen LogP contribution in [0.15, 0.2) is 59.5 Å². The number of hydrogen-bond donors (Lipinski definition) is 0. The standard InChI is InChI=1S/C21H23N3O5S/c1-5-16-14-20(23(22-16)17-8-10-18(11-9-17)24(25)26)29-30(27,28)19-12-6-15(7-13-19)21(2,3)4/h6-14H,5H2,1-4H3. The minimum atomic E-state index is -4.09. The Morgan fingerprint density at radius 2 is 1.67 bits per heavy atom. The van der Waals surface area contributed by atoms with Gasteiger partial charge in [-0.2, -0.15) is 18.2 Å². The summed E-state index contributed by atoms with van der Waals surface area (Å²) in [6.07, 6.45) is 0.566. The van der Waals surface area contributed by atoms with Gasteiger partial charge in [-0.1, -0.05) is 39.8 Å². The van der Waals surface area contributed by atoms with Gasteiger partial charge in [0.25, 0.3) is 5.69 Å². The van der Waals surface area contributed by atoms with Gasteiger partial charge in [0.2, 0.25) is 5.88 Å². The second-order valence-electron chi connectivity index (χ2n) is 7.82. The van der Waals surface area contributed by atoms with E-state index in [1.54, 1.807) is 18.2 Å². The van der Waals surface area contributed by atoms with Crippen LogP contribution in [0.2, 0.25) is 0 Å². The second kappa shape index (κ2) is 7.91. The van der Waals surface area contributed by atoms with Crippen LogP contribution in [0.4, 0.5) is 5.69 Å². The molecule has 0 aliphatic rings. The maximum Gasteiger partial charge on any atom is 0.340 e. The Morgan fingerprint density at radius 1 is 1.07 bits per heavy atom. The van der Waals surface area contributed by atoms with E-state index in [2.05, 4.69) is 5.10 Å². The van der Waals surface area contributed by atoms with Crippen molar-refractivity contribution in [1.29, 1.82) is 0 Å². The molecule has 0 saturated heterocycles. The Labute approximate surface area is 175 Å². The van der Waals surface area contributed by atoms with Crippen molar-refractivity contribution in [2.24, 2.45) is 0 Å². The second-order valence-corrected chi connectivity index (χ2v) is 9.37. The molecule has 0 aliphatic carbocycles. The molecule has 0 unspecified atom stereocenters. The Morgan fingerprint density at radius 3 is 2.17 bits per heavy atom. The average Bonchev–Trinajstić information content (AvgIpc) is 3.09. The third-order valence-corrected chi connectivity index (χ3v) is 5.84. The number of aromatic nitrogens is 2. The maximum atomic E-state index is 12.8. The maximum absolute atomic E-state index is 12.8. The first-order valence-corrected chi connectivity index (χ1v) is 10.8. The van der Waals surface area contributed by atoms with Gasteiger partial charge in [0.1, 0.15) is 4.90 Å². The summed E-state index contributed by atoms with van der Waals surface area (Å²) in [4.78, 5) is 10.4. The van der Waals surface area contributed by atoms with E-state index in [1.165, 1.54) is 41.1 Å². The van der Waals surface area contributed by atoms with Crippen LogP contribution in [0.3, 0.4) is 0 Å². The van der Waals surface area contributed by atoms with Gasteiger partial charge in [-0.15, -0.1) is 0 Å². The van der Waals surface area contributed by atoms with Crippen molar-refractivity contribution in [3.8, 4) is 11.6 Å². The number of rotatable bonds is 6. The van der Waals surface area contributed by atoms with Crippen molar-refractivity contribution in [2.75, 3.05) is 0 Å². The van der Waals surface area contributed by atoms with Crippen molar-refractivity contribution in [1.82, 2.24) is 9.78 Å². The molecule has 0 fully saturated rings. The van der Waals surface area contributed by atoms with Crippen molar-refractivity contribution in [3.05, 3.63) is 76.0 Å². The number of nitro benzene ring substituents is 1. The molecule has 0 amide bonds. The first-order valence-electron chi connectivity index (χ1n) is 9.40. The van der Waals surface area contributed by atoms with Crippen molar-refractivity contribution < 1.29 is 17.5 Å². The van der Waals surface area contributed by atoms with E-state index >= 15 is 0 Å². The molecule has 9 heteroatoms. The first kappa shape index (κ1) is 21.5. The van der Waals surface area contributed by atoms with Gasteiger partial charge in [0.15, 0.2) is 0 Å². The number of aryl methyl sites for hydroxylation is 1. The number of nitrogens with zero attached hydrogens (tertiary/aromatic N) is 3. The lowest BCUT2D eigenvalue weighted by Gasteiger charge is -2.19. The van der Waals surface area contributed by atoms with Gasteiger partial charge in [-0.3, -0.25) is 10.1 Å². The zero-order valence-corrected chi connectivity index (χ0v) is 18.0. The molecule has 2 aromatic carbocycles. The van der Waals surface area contributed by atoms with Crippen LogP contribution < -0.4 is 4.18 Å². The fourth-order valence-corrected chi connectivity index (χ4v) is 3.73. The number of non-ortho nitro benzene ring substituents is 1. The van der Waals surface area contributed by atoms with E-state index in [9.17, 15) is 18.5 Å². The number of benzene rings is 2. The predicted molar refractivity (Wildman–Crippen MR) is 113 cm³/mol. The molecule has 0 N–H and O–H groups in total. The van der Waals surface area contributed by atoms with E-state index in [0.29, 0.717) is 17.8 Å². The Hall–Kier alpha value is -3.20. The summed E-state index contributed by atoms with van der Waals surface area (Å²) in [5.74, 6) is 0.0144. The molecule has 1 aromatic heterocycles. The van der Waals surface area contributed by atoms with Crippen LogP contribution in [-0.2, 0) is 22.0 Å². The van der Waals surface area contributed by atoms with Crippen LogP contribution in [0.1, 0.15) is 39.0 Å². The van der Waals surface area contributed by atoms with E-state index in [1.807, 2.05) is 27.7 Å². The minimum absolute atomic E-state index is 0.0144. The minimum Gasteiger partial charge on any atom is -0.358 e. The molecule has 30 heavy (non-hydrogen) atoms.